The van der Waals surface area contributed by atoms with Crippen molar-refractivity contribution < 1.29 is 5.11 Å². The minimum absolute atomic E-state index is 0.713. The van der Waals surface area contributed by atoms with Crippen LogP contribution in [-0.4, -0.2) is 10.0 Å². The zero-order valence-corrected chi connectivity index (χ0v) is 7.82. The number of hydrogen-bond acceptors (Lipinski definition) is 2. The van der Waals surface area contributed by atoms with Crippen LogP contribution in [0, 0.1) is 0 Å². The van der Waals surface area contributed by atoms with Gasteiger partial charge in [0.15, 0.2) is 0 Å². The van der Waals surface area contributed by atoms with E-state index in [4.69, 9.17) is 0 Å². The Labute approximate surface area is 69.2 Å². The Morgan fingerprint density at radius 3 is 2.30 bits per heavy atom. The van der Waals surface area contributed by atoms with Crippen LogP contribution < -0.4 is 0 Å². The topological polar surface area (TPSA) is 20.2 Å². The van der Waals surface area contributed by atoms with Crippen LogP contribution in [0.15, 0.2) is 0 Å². The number of thiol groups is 1. The lowest BCUT2D eigenvalue weighted by atomic mass is 10.1. The van der Waals surface area contributed by atoms with Crippen molar-refractivity contribution in [3.8, 4) is 0 Å². The summed E-state index contributed by atoms with van der Waals surface area (Å²) in [7, 11) is 0. The molecule has 0 fully saturated rings. The quantitative estimate of drug-likeness (QED) is 0.362. The largest absolute Gasteiger partial charge is 0.380 e. The number of aliphatic hydroxyl groups is 1. The zero-order chi connectivity index (χ0) is 8.04. The summed E-state index contributed by atoms with van der Waals surface area (Å²) >= 11 is 4.12. The Hall–Kier alpha value is 0.310. The third-order valence-corrected chi connectivity index (χ3v) is 2.29. The SMILES string of the molecule is CCCCCC(O)(S)CC. The fourth-order valence-corrected chi connectivity index (χ4v) is 0.993. The summed E-state index contributed by atoms with van der Waals surface area (Å²) in [4.78, 5) is -0.713. The maximum absolute atomic E-state index is 9.41. The summed E-state index contributed by atoms with van der Waals surface area (Å²) in [5.41, 5.74) is 0. The van der Waals surface area contributed by atoms with Gasteiger partial charge in [-0.3, -0.25) is 0 Å². The van der Waals surface area contributed by atoms with Crippen LogP contribution in [0.5, 0.6) is 0 Å². The second-order valence-electron chi connectivity index (χ2n) is 2.79. The van der Waals surface area contributed by atoms with Crippen molar-refractivity contribution in [3.05, 3.63) is 0 Å². The predicted octanol–water partition coefficient (Wildman–Crippen LogP) is 2.60. The van der Waals surface area contributed by atoms with Crippen molar-refractivity contribution in [2.75, 3.05) is 0 Å². The Morgan fingerprint density at radius 2 is 1.90 bits per heavy atom. The van der Waals surface area contributed by atoms with Gasteiger partial charge in [-0.1, -0.05) is 26.7 Å². The molecule has 1 nitrogen and oxygen atoms in total. The lowest BCUT2D eigenvalue weighted by Crippen LogP contribution is -2.18. The lowest BCUT2D eigenvalue weighted by Gasteiger charge is -2.19. The summed E-state index contributed by atoms with van der Waals surface area (Å²) in [5.74, 6) is 0. The highest BCUT2D eigenvalue weighted by Gasteiger charge is 2.16. The highest BCUT2D eigenvalue weighted by molar-refractivity contribution is 7.81. The highest BCUT2D eigenvalue weighted by Crippen LogP contribution is 2.22. The minimum atomic E-state index is -0.713. The summed E-state index contributed by atoms with van der Waals surface area (Å²) < 4.78 is 0. The molecule has 0 heterocycles. The number of hydrogen-bond donors (Lipinski definition) is 2. The molecule has 0 rings (SSSR count). The highest BCUT2D eigenvalue weighted by atomic mass is 32.1. The van der Waals surface area contributed by atoms with E-state index in [9.17, 15) is 5.11 Å². The van der Waals surface area contributed by atoms with Crippen LogP contribution >= 0.6 is 12.6 Å². The van der Waals surface area contributed by atoms with Crippen molar-refractivity contribution in [3.63, 3.8) is 0 Å². The van der Waals surface area contributed by atoms with Gasteiger partial charge in [-0.05, 0) is 19.3 Å². The third kappa shape index (κ3) is 5.12. The first-order valence-corrected chi connectivity index (χ1v) is 4.52. The van der Waals surface area contributed by atoms with Crippen molar-refractivity contribution in [1.82, 2.24) is 0 Å². The molecule has 1 atom stereocenters. The van der Waals surface area contributed by atoms with E-state index in [2.05, 4.69) is 19.6 Å². The molecule has 2 heteroatoms. The molecule has 0 radical (unpaired) electrons. The van der Waals surface area contributed by atoms with Crippen LogP contribution in [-0.2, 0) is 0 Å². The molecule has 0 aliphatic rings. The van der Waals surface area contributed by atoms with E-state index in [0.717, 1.165) is 19.3 Å². The Kier molecular flexibility index (Phi) is 5.18. The summed E-state index contributed by atoms with van der Waals surface area (Å²) in [6.45, 7) is 4.11. The van der Waals surface area contributed by atoms with Crippen molar-refractivity contribution >= 4 is 12.6 Å². The Bertz CT molecular complexity index is 81.3. The predicted molar refractivity (Wildman–Crippen MR) is 48.4 cm³/mol. The van der Waals surface area contributed by atoms with Gasteiger partial charge in [0.05, 0.1) is 0 Å². The molecule has 0 bridgehead atoms. The van der Waals surface area contributed by atoms with E-state index in [1.807, 2.05) is 6.92 Å². The maximum Gasteiger partial charge on any atom is 0.107 e. The molecule has 62 valence electrons. The second-order valence-corrected chi connectivity index (χ2v) is 3.63. The van der Waals surface area contributed by atoms with E-state index in [0.29, 0.717) is 0 Å². The lowest BCUT2D eigenvalue weighted by molar-refractivity contribution is 0.122. The second kappa shape index (κ2) is 5.03. The molecule has 0 aliphatic heterocycles. The van der Waals surface area contributed by atoms with Crippen molar-refractivity contribution in [2.45, 2.75) is 50.9 Å². The molecule has 0 saturated carbocycles. The molecule has 10 heavy (non-hydrogen) atoms. The monoisotopic (exact) mass is 162 g/mol. The fourth-order valence-electron chi connectivity index (χ4n) is 0.835. The van der Waals surface area contributed by atoms with Crippen LogP contribution in [0.3, 0.4) is 0 Å². The average Bonchev–Trinajstić information content (AvgIpc) is 1.89. The first-order chi connectivity index (χ1) is 4.62. The molecule has 0 aromatic heterocycles. The Morgan fingerprint density at radius 1 is 1.30 bits per heavy atom. The van der Waals surface area contributed by atoms with Gasteiger partial charge >= 0.3 is 0 Å². The smallest absolute Gasteiger partial charge is 0.107 e. The van der Waals surface area contributed by atoms with Gasteiger partial charge < -0.3 is 5.11 Å². The standard InChI is InChI=1S/C8H18OS/c1-3-5-6-7-8(9,10)4-2/h9-10H,3-7H2,1-2H3. The minimum Gasteiger partial charge on any atom is -0.380 e. The maximum atomic E-state index is 9.41. The summed E-state index contributed by atoms with van der Waals surface area (Å²) in [6, 6.07) is 0. The molecule has 0 spiro atoms. The number of unbranched alkanes of at least 4 members (excludes halogenated alkanes) is 2. The molecule has 0 saturated heterocycles. The van der Waals surface area contributed by atoms with E-state index in [1.165, 1.54) is 12.8 Å². The molecule has 0 amide bonds. The van der Waals surface area contributed by atoms with Crippen LogP contribution in [0.2, 0.25) is 0 Å². The van der Waals surface area contributed by atoms with E-state index < -0.39 is 4.93 Å². The van der Waals surface area contributed by atoms with E-state index in [-0.39, 0.29) is 0 Å². The normalized spacial score (nSPS) is 16.8. The first kappa shape index (κ1) is 10.3. The average molecular weight is 162 g/mol. The van der Waals surface area contributed by atoms with Crippen LogP contribution in [0.4, 0.5) is 0 Å². The summed E-state index contributed by atoms with van der Waals surface area (Å²) in [5, 5.41) is 9.41. The molecule has 1 unspecified atom stereocenters. The van der Waals surface area contributed by atoms with Gasteiger partial charge in [0.2, 0.25) is 0 Å². The van der Waals surface area contributed by atoms with E-state index >= 15 is 0 Å². The zero-order valence-electron chi connectivity index (χ0n) is 6.93. The van der Waals surface area contributed by atoms with E-state index in [1.54, 1.807) is 0 Å². The van der Waals surface area contributed by atoms with Gasteiger partial charge in [0, 0.05) is 0 Å². The van der Waals surface area contributed by atoms with Gasteiger partial charge in [-0.15, -0.1) is 12.6 Å². The number of rotatable bonds is 5. The van der Waals surface area contributed by atoms with Gasteiger partial charge in [0.25, 0.3) is 0 Å². The Balaban J connectivity index is 3.28. The van der Waals surface area contributed by atoms with Crippen molar-refractivity contribution in [2.24, 2.45) is 0 Å². The van der Waals surface area contributed by atoms with Gasteiger partial charge in [-0.2, -0.15) is 0 Å². The fraction of sp³-hybridized carbons (Fsp3) is 1.00. The van der Waals surface area contributed by atoms with Crippen molar-refractivity contribution in [1.29, 1.82) is 0 Å². The van der Waals surface area contributed by atoms with Crippen LogP contribution in [0.25, 0.3) is 0 Å². The summed E-state index contributed by atoms with van der Waals surface area (Å²) in [6.07, 6.45) is 5.04. The van der Waals surface area contributed by atoms with Crippen LogP contribution in [0.1, 0.15) is 46.0 Å². The molecular weight excluding hydrogens is 144 g/mol. The molecule has 0 aromatic carbocycles. The first-order valence-electron chi connectivity index (χ1n) is 4.07. The molecule has 1 N–H and O–H groups in total. The molecular formula is C8H18OS. The van der Waals surface area contributed by atoms with Gasteiger partial charge in [-0.25, -0.2) is 0 Å². The molecule has 0 aromatic rings. The third-order valence-electron chi connectivity index (χ3n) is 1.75. The molecule has 0 aliphatic carbocycles. The van der Waals surface area contributed by atoms with Gasteiger partial charge in [0.1, 0.15) is 4.93 Å².